The van der Waals surface area contributed by atoms with Crippen LogP contribution in [0.4, 0.5) is 0 Å². The van der Waals surface area contributed by atoms with E-state index in [4.69, 9.17) is 5.11 Å². The molecule has 1 heterocycles. The molecule has 2 heteroatoms. The van der Waals surface area contributed by atoms with Gasteiger partial charge >= 0.3 is 0 Å². The summed E-state index contributed by atoms with van der Waals surface area (Å²) in [6.07, 6.45) is 1.44. The van der Waals surface area contributed by atoms with E-state index in [9.17, 15) is 0 Å². The largest absolute Gasteiger partial charge is 0.392 e. The molecular weight excluding hydrogens is 164 g/mol. The van der Waals surface area contributed by atoms with Gasteiger partial charge in [-0.05, 0) is 5.56 Å². The Hall–Kier alpha value is -0.603. The average molecular weight is 178 g/mol. The van der Waals surface area contributed by atoms with E-state index in [0.717, 1.165) is 5.56 Å². The molecule has 1 N–H and O–H groups in total. The Morgan fingerprint density at radius 2 is 1.83 bits per heavy atom. The van der Waals surface area contributed by atoms with Gasteiger partial charge in [-0.1, -0.05) is 48.0 Å². The Bertz CT molecular complexity index is 251. The van der Waals surface area contributed by atoms with Crippen LogP contribution in [-0.4, -0.2) is 13.9 Å². The lowest BCUT2D eigenvalue weighted by Gasteiger charge is -2.24. The molecule has 0 aromatic heterocycles. The second-order valence-corrected chi connectivity index (χ2v) is 6.74. The molecule has 1 fully saturated rings. The minimum absolute atomic E-state index is 0.173. The van der Waals surface area contributed by atoms with Gasteiger partial charge in [0.25, 0.3) is 0 Å². The van der Waals surface area contributed by atoms with Crippen LogP contribution in [0.3, 0.4) is 0 Å². The van der Waals surface area contributed by atoms with Crippen LogP contribution in [0.5, 0.6) is 0 Å². The van der Waals surface area contributed by atoms with Crippen molar-refractivity contribution in [3.8, 4) is 0 Å². The van der Waals surface area contributed by atoms with Gasteiger partial charge in [-0.3, -0.25) is 0 Å². The summed E-state index contributed by atoms with van der Waals surface area (Å²) in [7, 11) is -0.472. The van der Waals surface area contributed by atoms with Gasteiger partial charge in [-0.15, -0.1) is 0 Å². The Kier molecular flexibility index (Phi) is 2.28. The highest BCUT2D eigenvalue weighted by Gasteiger charge is 2.20. The van der Waals surface area contributed by atoms with Crippen molar-refractivity contribution in [2.75, 3.05) is 0 Å². The zero-order chi connectivity index (χ0) is 8.39. The van der Waals surface area contributed by atoms with E-state index in [0.29, 0.717) is 0 Å². The van der Waals surface area contributed by atoms with E-state index >= 15 is 0 Å². The standard InChI is InChI=1S/C10H14OSi/c11-8-9-2-4-10(5-3-9)12-6-1-7-12/h2-5,11-12H,1,6-8H2. The SMILES string of the molecule is OCc1ccc([SiH]2CCC2)cc1. The highest BCUT2D eigenvalue weighted by atomic mass is 28.3. The molecule has 0 radical (unpaired) electrons. The lowest BCUT2D eigenvalue weighted by Crippen LogP contribution is -2.35. The van der Waals surface area contributed by atoms with Gasteiger partial charge in [-0.25, -0.2) is 0 Å². The zero-order valence-corrected chi connectivity index (χ0v) is 8.32. The lowest BCUT2D eigenvalue weighted by atomic mass is 10.2. The third-order valence-corrected chi connectivity index (χ3v) is 6.28. The molecule has 2 rings (SSSR count). The molecule has 0 bridgehead atoms. The maximum atomic E-state index is 8.85. The van der Waals surface area contributed by atoms with Crippen LogP contribution in [-0.2, 0) is 6.61 Å². The second-order valence-electron chi connectivity index (χ2n) is 3.53. The fraction of sp³-hybridized carbons (Fsp3) is 0.400. The number of aliphatic hydroxyl groups excluding tert-OH is 1. The molecule has 64 valence electrons. The first-order valence-corrected chi connectivity index (χ1v) is 6.81. The summed E-state index contributed by atoms with van der Waals surface area (Å²) in [5.74, 6) is 0. The van der Waals surface area contributed by atoms with Crippen LogP contribution in [0.15, 0.2) is 24.3 Å². The van der Waals surface area contributed by atoms with Crippen molar-refractivity contribution in [3.05, 3.63) is 29.8 Å². The third kappa shape index (κ3) is 1.45. The second kappa shape index (κ2) is 3.41. The Morgan fingerprint density at radius 3 is 2.25 bits per heavy atom. The first kappa shape index (κ1) is 8.02. The molecule has 0 aliphatic carbocycles. The molecule has 0 saturated carbocycles. The number of hydrogen-bond donors (Lipinski definition) is 1. The number of rotatable bonds is 2. The summed E-state index contributed by atoms with van der Waals surface area (Å²) in [5.41, 5.74) is 1.03. The Balaban J connectivity index is 2.13. The van der Waals surface area contributed by atoms with Crippen molar-refractivity contribution < 1.29 is 5.11 Å². The van der Waals surface area contributed by atoms with Crippen molar-refractivity contribution in [1.82, 2.24) is 0 Å². The Labute approximate surface area is 74.7 Å². The molecule has 1 saturated heterocycles. The number of hydrogen-bond acceptors (Lipinski definition) is 1. The van der Waals surface area contributed by atoms with E-state index in [1.165, 1.54) is 18.5 Å². The van der Waals surface area contributed by atoms with Crippen molar-refractivity contribution in [1.29, 1.82) is 0 Å². The van der Waals surface area contributed by atoms with Gasteiger partial charge in [0.2, 0.25) is 0 Å². The van der Waals surface area contributed by atoms with Gasteiger partial charge in [0.05, 0.1) is 15.4 Å². The smallest absolute Gasteiger partial charge is 0.0708 e. The molecule has 1 aromatic carbocycles. The molecule has 1 aliphatic rings. The van der Waals surface area contributed by atoms with Crippen molar-refractivity contribution in [2.45, 2.75) is 25.1 Å². The molecule has 1 nitrogen and oxygen atoms in total. The van der Waals surface area contributed by atoms with Gasteiger partial charge in [0, 0.05) is 0 Å². The highest BCUT2D eigenvalue weighted by Crippen LogP contribution is 2.19. The van der Waals surface area contributed by atoms with E-state index in [-0.39, 0.29) is 6.61 Å². The van der Waals surface area contributed by atoms with Crippen molar-refractivity contribution in [2.24, 2.45) is 0 Å². The Morgan fingerprint density at radius 1 is 1.17 bits per heavy atom. The summed E-state index contributed by atoms with van der Waals surface area (Å²) in [6.45, 7) is 0.173. The van der Waals surface area contributed by atoms with E-state index in [1.54, 1.807) is 5.19 Å². The van der Waals surface area contributed by atoms with Crippen molar-refractivity contribution >= 4 is 14.0 Å². The molecule has 1 aliphatic heterocycles. The molecule has 0 amide bonds. The maximum absolute atomic E-state index is 8.85. The summed E-state index contributed by atoms with van der Waals surface area (Å²) in [6, 6.07) is 11.5. The molecule has 0 spiro atoms. The summed E-state index contributed by atoms with van der Waals surface area (Å²) < 4.78 is 0. The zero-order valence-electron chi connectivity index (χ0n) is 7.16. The van der Waals surface area contributed by atoms with Gasteiger partial charge < -0.3 is 5.11 Å². The molecule has 0 unspecified atom stereocenters. The van der Waals surface area contributed by atoms with Crippen LogP contribution in [0, 0.1) is 0 Å². The van der Waals surface area contributed by atoms with Crippen LogP contribution in [0.2, 0.25) is 12.1 Å². The summed E-state index contributed by atoms with van der Waals surface area (Å²) in [4.78, 5) is 0. The number of benzene rings is 1. The van der Waals surface area contributed by atoms with Crippen LogP contribution in [0.25, 0.3) is 0 Å². The first-order chi connectivity index (χ1) is 5.90. The summed E-state index contributed by atoms with van der Waals surface area (Å²) in [5, 5.41) is 10.4. The molecule has 12 heavy (non-hydrogen) atoms. The fourth-order valence-corrected chi connectivity index (χ4v) is 3.86. The topological polar surface area (TPSA) is 20.2 Å². The van der Waals surface area contributed by atoms with Crippen LogP contribution >= 0.6 is 0 Å². The van der Waals surface area contributed by atoms with E-state index < -0.39 is 8.80 Å². The van der Waals surface area contributed by atoms with Crippen LogP contribution in [0.1, 0.15) is 12.0 Å². The van der Waals surface area contributed by atoms with Gasteiger partial charge in [-0.2, -0.15) is 0 Å². The minimum Gasteiger partial charge on any atom is -0.392 e. The average Bonchev–Trinajstić information content (AvgIpc) is 2.03. The monoisotopic (exact) mass is 178 g/mol. The van der Waals surface area contributed by atoms with Crippen LogP contribution < -0.4 is 5.19 Å². The number of aliphatic hydroxyl groups is 1. The predicted octanol–water partition coefficient (Wildman–Crippen LogP) is 1.02. The summed E-state index contributed by atoms with van der Waals surface area (Å²) >= 11 is 0. The van der Waals surface area contributed by atoms with Gasteiger partial charge in [0.15, 0.2) is 0 Å². The van der Waals surface area contributed by atoms with E-state index in [2.05, 4.69) is 24.3 Å². The van der Waals surface area contributed by atoms with E-state index in [1.807, 2.05) is 0 Å². The first-order valence-electron chi connectivity index (χ1n) is 4.60. The quantitative estimate of drug-likeness (QED) is 0.670. The lowest BCUT2D eigenvalue weighted by molar-refractivity contribution is 0.282. The molecule has 1 aromatic rings. The van der Waals surface area contributed by atoms with Gasteiger partial charge in [0.1, 0.15) is 0 Å². The minimum atomic E-state index is -0.472. The molecular formula is C10H14OSi. The highest BCUT2D eigenvalue weighted by molar-refractivity contribution is 6.75. The van der Waals surface area contributed by atoms with Crippen molar-refractivity contribution in [3.63, 3.8) is 0 Å². The predicted molar refractivity (Wildman–Crippen MR) is 53.4 cm³/mol. The normalized spacial score (nSPS) is 17.4. The maximum Gasteiger partial charge on any atom is 0.0708 e. The third-order valence-electron chi connectivity index (χ3n) is 2.74. The molecule has 0 atom stereocenters. The fourth-order valence-electron chi connectivity index (χ4n) is 1.64.